The zero-order valence-corrected chi connectivity index (χ0v) is 15.3. The van der Waals surface area contributed by atoms with Gasteiger partial charge in [0.2, 0.25) is 0 Å². The number of hydrogen-bond donors (Lipinski definition) is 1. The van der Waals surface area contributed by atoms with Crippen molar-refractivity contribution in [1.82, 2.24) is 15.0 Å². The first kappa shape index (κ1) is 18.4. The maximum Gasteiger partial charge on any atom is 0.278 e. The van der Waals surface area contributed by atoms with Crippen molar-refractivity contribution in [1.29, 1.82) is 0 Å². The lowest BCUT2D eigenvalue weighted by atomic mass is 10.2. The van der Waals surface area contributed by atoms with Crippen molar-refractivity contribution < 1.29 is 19.0 Å². The van der Waals surface area contributed by atoms with Gasteiger partial charge < -0.3 is 19.5 Å². The lowest BCUT2D eigenvalue weighted by Crippen LogP contribution is -2.16. The van der Waals surface area contributed by atoms with Gasteiger partial charge in [-0.2, -0.15) is 0 Å². The van der Waals surface area contributed by atoms with Crippen LogP contribution in [0.2, 0.25) is 0 Å². The fourth-order valence-electron chi connectivity index (χ4n) is 2.57. The van der Waals surface area contributed by atoms with Gasteiger partial charge >= 0.3 is 0 Å². The van der Waals surface area contributed by atoms with E-state index in [0.717, 1.165) is 11.4 Å². The van der Waals surface area contributed by atoms with Gasteiger partial charge in [-0.25, -0.2) is 4.68 Å². The molecule has 0 aliphatic carbocycles. The zero-order valence-electron chi connectivity index (χ0n) is 15.3. The Morgan fingerprint density at radius 3 is 2.44 bits per heavy atom. The minimum atomic E-state index is -0.380. The van der Waals surface area contributed by atoms with Crippen molar-refractivity contribution in [3.8, 4) is 17.2 Å². The van der Waals surface area contributed by atoms with Gasteiger partial charge in [0.05, 0.1) is 26.5 Å². The summed E-state index contributed by atoms with van der Waals surface area (Å²) in [4.78, 5) is 12.7. The van der Waals surface area contributed by atoms with E-state index in [4.69, 9.17) is 14.2 Å². The number of nitrogens with zero attached hydrogens (tertiary/aromatic N) is 3. The second-order valence-corrected chi connectivity index (χ2v) is 5.61. The standard InChI is InChI=1S/C19H20N4O4/c1-25-12-17-18(19(24)20-13-5-4-6-16(11-13)27-3)21-22-23(17)14-7-9-15(26-2)10-8-14/h4-11H,12H2,1-3H3,(H,20,24). The van der Waals surface area contributed by atoms with Crippen molar-refractivity contribution in [3.05, 3.63) is 59.9 Å². The van der Waals surface area contributed by atoms with Gasteiger partial charge in [0.25, 0.3) is 5.91 Å². The molecule has 0 bridgehead atoms. The molecule has 0 unspecified atom stereocenters. The molecule has 0 saturated heterocycles. The molecule has 2 aromatic carbocycles. The molecule has 0 saturated carbocycles. The number of benzene rings is 2. The van der Waals surface area contributed by atoms with Crippen molar-refractivity contribution in [3.63, 3.8) is 0 Å². The molecule has 8 nitrogen and oxygen atoms in total. The molecule has 140 valence electrons. The van der Waals surface area contributed by atoms with Gasteiger partial charge in [-0.15, -0.1) is 5.10 Å². The minimum Gasteiger partial charge on any atom is -0.497 e. The Morgan fingerprint density at radius 2 is 1.78 bits per heavy atom. The smallest absolute Gasteiger partial charge is 0.278 e. The van der Waals surface area contributed by atoms with Crippen LogP contribution in [0.4, 0.5) is 5.69 Å². The molecule has 0 radical (unpaired) electrons. The summed E-state index contributed by atoms with van der Waals surface area (Å²) >= 11 is 0. The monoisotopic (exact) mass is 368 g/mol. The maximum absolute atomic E-state index is 12.7. The molecule has 1 N–H and O–H groups in total. The summed E-state index contributed by atoms with van der Waals surface area (Å²) in [6, 6.07) is 14.4. The Balaban J connectivity index is 1.90. The second kappa shape index (κ2) is 8.33. The first-order chi connectivity index (χ1) is 13.2. The van der Waals surface area contributed by atoms with E-state index < -0.39 is 0 Å². The van der Waals surface area contributed by atoms with Crippen LogP contribution < -0.4 is 14.8 Å². The van der Waals surface area contributed by atoms with Gasteiger partial charge in [-0.05, 0) is 36.4 Å². The Bertz CT molecular complexity index is 922. The van der Waals surface area contributed by atoms with E-state index in [1.54, 1.807) is 50.3 Å². The summed E-state index contributed by atoms with van der Waals surface area (Å²) in [6.07, 6.45) is 0. The number of carbonyl (C=O) groups is 1. The minimum absolute atomic E-state index is 0.180. The molecule has 0 aliphatic heterocycles. The first-order valence-corrected chi connectivity index (χ1v) is 8.19. The van der Waals surface area contributed by atoms with Gasteiger partial charge in [-0.3, -0.25) is 4.79 Å². The molecule has 27 heavy (non-hydrogen) atoms. The van der Waals surface area contributed by atoms with Crippen LogP contribution in [0.3, 0.4) is 0 Å². The van der Waals surface area contributed by atoms with E-state index in [2.05, 4.69) is 15.6 Å². The summed E-state index contributed by atoms with van der Waals surface area (Å²) in [7, 11) is 4.72. The third-order valence-corrected chi connectivity index (χ3v) is 3.90. The Hall–Kier alpha value is -3.39. The highest BCUT2D eigenvalue weighted by molar-refractivity contribution is 6.03. The Labute approximate surface area is 156 Å². The topological polar surface area (TPSA) is 87.5 Å². The molecule has 1 aromatic heterocycles. The van der Waals surface area contributed by atoms with Crippen LogP contribution in [-0.4, -0.2) is 42.2 Å². The molecule has 8 heteroatoms. The number of amides is 1. The van der Waals surface area contributed by atoms with Crippen molar-refractivity contribution in [2.24, 2.45) is 0 Å². The van der Waals surface area contributed by atoms with E-state index in [-0.39, 0.29) is 18.2 Å². The van der Waals surface area contributed by atoms with E-state index in [0.29, 0.717) is 17.1 Å². The molecular formula is C19H20N4O4. The van der Waals surface area contributed by atoms with E-state index in [9.17, 15) is 4.79 Å². The molecule has 1 amide bonds. The van der Waals surface area contributed by atoms with Gasteiger partial charge in [-0.1, -0.05) is 11.3 Å². The first-order valence-electron chi connectivity index (χ1n) is 8.19. The highest BCUT2D eigenvalue weighted by atomic mass is 16.5. The number of anilines is 1. The van der Waals surface area contributed by atoms with Crippen LogP contribution in [0.25, 0.3) is 5.69 Å². The van der Waals surface area contributed by atoms with Gasteiger partial charge in [0.1, 0.15) is 17.2 Å². The van der Waals surface area contributed by atoms with Crippen molar-refractivity contribution >= 4 is 11.6 Å². The summed E-state index contributed by atoms with van der Waals surface area (Å²) in [6.45, 7) is 0.180. The number of hydrogen-bond acceptors (Lipinski definition) is 6. The molecule has 0 fully saturated rings. The maximum atomic E-state index is 12.7. The molecular weight excluding hydrogens is 348 g/mol. The SMILES string of the molecule is COCc1c(C(=O)Nc2cccc(OC)c2)nnn1-c1ccc(OC)cc1. The number of ether oxygens (including phenoxy) is 3. The summed E-state index contributed by atoms with van der Waals surface area (Å²) in [5.41, 5.74) is 2.08. The van der Waals surface area contributed by atoms with Crippen LogP contribution >= 0.6 is 0 Å². The number of aromatic nitrogens is 3. The second-order valence-electron chi connectivity index (χ2n) is 5.61. The van der Waals surface area contributed by atoms with E-state index in [1.165, 1.54) is 0 Å². The highest BCUT2D eigenvalue weighted by Gasteiger charge is 2.21. The number of rotatable bonds is 7. The average molecular weight is 368 g/mol. The van der Waals surface area contributed by atoms with Crippen molar-refractivity contribution in [2.45, 2.75) is 6.61 Å². The van der Waals surface area contributed by atoms with E-state index >= 15 is 0 Å². The van der Waals surface area contributed by atoms with Gasteiger partial charge in [0.15, 0.2) is 5.69 Å². The lowest BCUT2D eigenvalue weighted by molar-refractivity contribution is 0.101. The summed E-state index contributed by atoms with van der Waals surface area (Å²) < 4.78 is 17.2. The lowest BCUT2D eigenvalue weighted by Gasteiger charge is -2.09. The van der Waals surface area contributed by atoms with E-state index in [1.807, 2.05) is 24.3 Å². The third kappa shape index (κ3) is 4.06. The zero-order chi connectivity index (χ0) is 19.2. The fraction of sp³-hybridized carbons (Fsp3) is 0.211. The normalized spacial score (nSPS) is 10.5. The molecule has 3 aromatic rings. The van der Waals surface area contributed by atoms with Gasteiger partial charge in [0, 0.05) is 18.9 Å². The molecule has 3 rings (SSSR count). The van der Waals surface area contributed by atoms with Crippen LogP contribution in [0, 0.1) is 0 Å². The molecule has 1 heterocycles. The number of carbonyl (C=O) groups excluding carboxylic acids is 1. The Kier molecular flexibility index (Phi) is 5.68. The largest absolute Gasteiger partial charge is 0.497 e. The van der Waals surface area contributed by atoms with Crippen LogP contribution in [0.15, 0.2) is 48.5 Å². The highest BCUT2D eigenvalue weighted by Crippen LogP contribution is 2.20. The molecule has 0 spiro atoms. The number of nitrogens with one attached hydrogen (secondary N) is 1. The molecule has 0 atom stereocenters. The van der Waals surface area contributed by atoms with Crippen molar-refractivity contribution in [2.75, 3.05) is 26.6 Å². The summed E-state index contributed by atoms with van der Waals surface area (Å²) in [5, 5.41) is 11.0. The fourth-order valence-corrected chi connectivity index (χ4v) is 2.57. The quantitative estimate of drug-likeness (QED) is 0.690. The predicted octanol–water partition coefficient (Wildman–Crippen LogP) is 2.68. The average Bonchev–Trinajstić information content (AvgIpc) is 3.12. The van der Waals surface area contributed by atoms with Crippen LogP contribution in [-0.2, 0) is 11.3 Å². The number of methoxy groups -OCH3 is 3. The Morgan fingerprint density at radius 1 is 1.04 bits per heavy atom. The van der Waals surface area contributed by atoms with Crippen LogP contribution in [0.5, 0.6) is 11.5 Å². The van der Waals surface area contributed by atoms with Crippen LogP contribution in [0.1, 0.15) is 16.2 Å². The summed E-state index contributed by atoms with van der Waals surface area (Å²) in [5.74, 6) is 0.991. The molecule has 0 aliphatic rings. The third-order valence-electron chi connectivity index (χ3n) is 3.90. The predicted molar refractivity (Wildman–Crippen MR) is 99.6 cm³/mol.